The zero-order valence-electron chi connectivity index (χ0n) is 35.2. The SMILES string of the molecule is C[C@@H]1NC(=O)[C@H](CCCCNC(=O)OCc2ccccc2)NC(=O)[C@@H]2CCCN2C(=O)c2coc(n2)-c2csc(n2)[C@@H]2CCCN2C(=O)[C@H](Cc2ccccc2)NC(=O)c2csc1n2. The average Bonchev–Trinajstić information content (AvgIpc) is 4.16. The Bertz CT molecular complexity index is 2460. The number of nitrogens with zero attached hydrogens (tertiary/aromatic N) is 5. The Hall–Kier alpha value is -6.47. The third kappa shape index (κ3) is 10.5. The molecule has 6 bridgehead atoms. The van der Waals surface area contributed by atoms with Crippen LogP contribution in [0.25, 0.3) is 11.6 Å². The molecule has 0 unspecified atom stereocenters. The third-order valence-electron chi connectivity index (χ3n) is 11.5. The van der Waals surface area contributed by atoms with Gasteiger partial charge in [-0.2, -0.15) is 0 Å². The third-order valence-corrected chi connectivity index (χ3v) is 13.5. The summed E-state index contributed by atoms with van der Waals surface area (Å²) in [4.78, 5) is 99.7. The lowest BCUT2D eigenvalue weighted by molar-refractivity contribution is -0.134. The number of nitrogens with one attached hydrogen (secondary N) is 4. The number of oxazole rings is 1. The summed E-state index contributed by atoms with van der Waals surface area (Å²) < 4.78 is 11.1. The lowest BCUT2D eigenvalue weighted by Crippen LogP contribution is -2.53. The first kappa shape index (κ1) is 44.1. The number of alkyl carbamates (subject to hydrolysis) is 1. The smallest absolute Gasteiger partial charge is 0.407 e. The van der Waals surface area contributed by atoms with Crippen LogP contribution in [0, 0.1) is 0 Å². The van der Waals surface area contributed by atoms with E-state index < -0.39 is 53.9 Å². The number of benzene rings is 2. The molecule has 19 heteroatoms. The number of hydrogen-bond donors (Lipinski definition) is 4. The zero-order valence-corrected chi connectivity index (χ0v) is 36.8. The first-order valence-electron chi connectivity index (χ1n) is 21.5. The summed E-state index contributed by atoms with van der Waals surface area (Å²) >= 11 is 2.54. The van der Waals surface area contributed by atoms with Gasteiger partial charge in [0.2, 0.25) is 23.6 Å². The maximum atomic E-state index is 14.4. The van der Waals surface area contributed by atoms with Crippen molar-refractivity contribution in [3.8, 4) is 11.6 Å². The van der Waals surface area contributed by atoms with Crippen molar-refractivity contribution in [2.75, 3.05) is 19.6 Å². The summed E-state index contributed by atoms with van der Waals surface area (Å²) in [7, 11) is 0. The Morgan fingerprint density at radius 1 is 0.766 bits per heavy atom. The fourth-order valence-electron chi connectivity index (χ4n) is 8.17. The highest BCUT2D eigenvalue weighted by molar-refractivity contribution is 7.10. The van der Waals surface area contributed by atoms with Crippen LogP contribution < -0.4 is 21.3 Å². The highest BCUT2D eigenvalue weighted by Crippen LogP contribution is 2.36. The van der Waals surface area contributed by atoms with Crippen molar-refractivity contribution in [2.45, 2.75) is 95.1 Å². The van der Waals surface area contributed by atoms with E-state index in [9.17, 15) is 28.8 Å². The molecule has 3 aliphatic heterocycles. The number of amides is 6. The molecule has 2 aromatic carbocycles. The largest absolute Gasteiger partial charge is 0.445 e. The minimum atomic E-state index is -1.01. The standard InChI is InChI=1S/C45H49N9O8S2/c1-27-41-51-33(25-63-41)38(56)49-31(22-28-12-4-2-5-13-28)43(58)54-21-11-18-36(54)42-52-34(26-64-42)40-50-32(24-61-40)44(59)53-20-10-17-35(53)39(57)48-30(37(55)47-27)16-8-9-19-46-45(60)62-23-29-14-6-3-7-15-29/h2-7,12-15,24-27,30-31,35-36H,8-11,16-23H2,1H3,(H,46,60)(H,47,55)(H,48,57)(H,49,56)/t27-,30-,31-,35-,36-/m0/s1. The second-order valence-corrected chi connectivity index (χ2v) is 17.8. The van der Waals surface area contributed by atoms with Gasteiger partial charge < -0.3 is 40.2 Å². The van der Waals surface area contributed by atoms with E-state index in [0.29, 0.717) is 60.9 Å². The van der Waals surface area contributed by atoms with Crippen LogP contribution in [0.4, 0.5) is 4.79 Å². The molecular formula is C45H49N9O8S2. The van der Waals surface area contributed by atoms with Gasteiger partial charge in [-0.15, -0.1) is 22.7 Å². The van der Waals surface area contributed by atoms with Gasteiger partial charge in [-0.25, -0.2) is 19.7 Å². The predicted molar refractivity (Wildman–Crippen MR) is 236 cm³/mol. The lowest BCUT2D eigenvalue weighted by atomic mass is 10.0. The number of aromatic nitrogens is 3. The molecule has 0 saturated carbocycles. The van der Waals surface area contributed by atoms with Crippen LogP contribution in [0.15, 0.2) is 82.1 Å². The number of fused-ring (bicyclic) bond motifs is 10. The molecule has 6 amide bonds. The normalized spacial score (nSPS) is 21.9. The van der Waals surface area contributed by atoms with Gasteiger partial charge in [-0.1, -0.05) is 60.7 Å². The molecule has 334 valence electrons. The Labute approximate surface area is 377 Å². The van der Waals surface area contributed by atoms with Crippen LogP contribution in [0.2, 0.25) is 0 Å². The molecule has 17 nitrogen and oxygen atoms in total. The molecule has 0 spiro atoms. The summed E-state index contributed by atoms with van der Waals surface area (Å²) in [6, 6.07) is 15.0. The molecule has 3 aliphatic rings. The first-order chi connectivity index (χ1) is 31.1. The fourth-order valence-corrected chi connectivity index (χ4v) is 9.91. The molecule has 2 saturated heterocycles. The molecule has 0 aliphatic carbocycles. The van der Waals surface area contributed by atoms with Crippen molar-refractivity contribution in [2.24, 2.45) is 0 Å². The highest BCUT2D eigenvalue weighted by atomic mass is 32.1. The number of carbonyl (C=O) groups excluding carboxylic acids is 6. The van der Waals surface area contributed by atoms with Gasteiger partial charge >= 0.3 is 6.09 Å². The van der Waals surface area contributed by atoms with E-state index in [1.807, 2.05) is 60.7 Å². The molecule has 5 atom stereocenters. The Morgan fingerprint density at radius 2 is 1.45 bits per heavy atom. The topological polar surface area (TPSA) is 218 Å². The van der Waals surface area contributed by atoms with Crippen LogP contribution in [0.5, 0.6) is 0 Å². The summed E-state index contributed by atoms with van der Waals surface area (Å²) in [6.45, 7) is 2.91. The van der Waals surface area contributed by atoms with Gasteiger partial charge in [-0.05, 0) is 63.0 Å². The van der Waals surface area contributed by atoms with Crippen molar-refractivity contribution in [1.82, 2.24) is 46.0 Å². The number of ether oxygens (including phenoxy) is 1. The fraction of sp³-hybridized carbons (Fsp3) is 0.400. The number of thiazole rings is 2. The van der Waals surface area contributed by atoms with E-state index in [1.165, 1.54) is 33.8 Å². The van der Waals surface area contributed by atoms with Gasteiger partial charge in [0.1, 0.15) is 52.4 Å². The van der Waals surface area contributed by atoms with Gasteiger partial charge in [-0.3, -0.25) is 24.0 Å². The maximum Gasteiger partial charge on any atom is 0.407 e. The Kier molecular flexibility index (Phi) is 14.0. The molecule has 6 heterocycles. The molecule has 5 aromatic rings. The highest BCUT2D eigenvalue weighted by Gasteiger charge is 2.39. The van der Waals surface area contributed by atoms with E-state index >= 15 is 0 Å². The Morgan fingerprint density at radius 3 is 2.23 bits per heavy atom. The average molecular weight is 908 g/mol. The zero-order chi connectivity index (χ0) is 44.6. The lowest BCUT2D eigenvalue weighted by Gasteiger charge is -2.28. The van der Waals surface area contributed by atoms with Crippen LogP contribution in [0.1, 0.15) is 106 Å². The first-order valence-corrected chi connectivity index (χ1v) is 23.3. The maximum absolute atomic E-state index is 14.4. The summed E-state index contributed by atoms with van der Waals surface area (Å²) in [5.41, 5.74) is 2.23. The van der Waals surface area contributed by atoms with E-state index in [-0.39, 0.29) is 55.2 Å². The van der Waals surface area contributed by atoms with Crippen molar-refractivity contribution < 1.29 is 37.9 Å². The molecule has 8 rings (SSSR count). The van der Waals surface area contributed by atoms with Gasteiger partial charge in [0.25, 0.3) is 11.8 Å². The summed E-state index contributed by atoms with van der Waals surface area (Å²) in [5, 5.41) is 16.0. The number of carbonyl (C=O) groups is 6. The molecular weight excluding hydrogens is 859 g/mol. The summed E-state index contributed by atoms with van der Waals surface area (Å²) in [6.07, 6.45) is 4.42. The minimum absolute atomic E-state index is 0.0107. The van der Waals surface area contributed by atoms with Gasteiger partial charge in [0.15, 0.2) is 5.69 Å². The van der Waals surface area contributed by atoms with E-state index in [2.05, 4.69) is 31.2 Å². The van der Waals surface area contributed by atoms with Crippen molar-refractivity contribution in [3.05, 3.63) is 110 Å². The van der Waals surface area contributed by atoms with Crippen LogP contribution in [-0.4, -0.2) is 98.1 Å². The van der Waals surface area contributed by atoms with Gasteiger partial charge in [0, 0.05) is 36.8 Å². The van der Waals surface area contributed by atoms with E-state index in [0.717, 1.165) is 17.5 Å². The second kappa shape index (κ2) is 20.4. The van der Waals surface area contributed by atoms with E-state index in [1.54, 1.807) is 22.6 Å². The monoisotopic (exact) mass is 907 g/mol. The minimum Gasteiger partial charge on any atom is -0.445 e. The molecule has 3 aromatic heterocycles. The second-order valence-electron chi connectivity index (χ2n) is 16.0. The number of unbranched alkanes of at least 4 members (excludes halogenated alkanes) is 1. The van der Waals surface area contributed by atoms with E-state index in [4.69, 9.17) is 14.1 Å². The van der Waals surface area contributed by atoms with Crippen molar-refractivity contribution >= 4 is 58.3 Å². The molecule has 4 N–H and O–H groups in total. The van der Waals surface area contributed by atoms with Crippen molar-refractivity contribution in [1.29, 1.82) is 0 Å². The summed E-state index contributed by atoms with van der Waals surface area (Å²) in [5.74, 6) is -2.13. The quantitative estimate of drug-likeness (QED) is 0.139. The molecule has 0 radical (unpaired) electrons. The number of hydrogen-bond acceptors (Lipinski definition) is 13. The van der Waals surface area contributed by atoms with Gasteiger partial charge in [0.05, 0.1) is 12.1 Å². The van der Waals surface area contributed by atoms with Crippen LogP contribution in [-0.2, 0) is 32.1 Å². The van der Waals surface area contributed by atoms with Crippen LogP contribution in [0.3, 0.4) is 0 Å². The molecule has 2 fully saturated rings. The molecule has 64 heavy (non-hydrogen) atoms. The Balaban J connectivity index is 1.03. The number of rotatable bonds is 9. The van der Waals surface area contributed by atoms with Crippen molar-refractivity contribution in [3.63, 3.8) is 0 Å². The van der Waals surface area contributed by atoms with Crippen LogP contribution >= 0.6 is 22.7 Å². The predicted octanol–water partition coefficient (Wildman–Crippen LogP) is 5.34.